The van der Waals surface area contributed by atoms with Gasteiger partial charge < -0.3 is 19.4 Å². The summed E-state index contributed by atoms with van der Waals surface area (Å²) in [5, 5.41) is 2.79. The van der Waals surface area contributed by atoms with Gasteiger partial charge in [-0.3, -0.25) is 29.1 Å². The average Bonchev–Trinajstić information content (AvgIpc) is 2.92. The topological polar surface area (TPSA) is 137 Å². The second-order valence-corrected chi connectivity index (χ2v) is 10.3. The van der Waals surface area contributed by atoms with E-state index >= 15 is 0 Å². The van der Waals surface area contributed by atoms with Gasteiger partial charge in [0.15, 0.2) is 5.78 Å². The molecule has 0 unspecified atom stereocenters. The molecule has 2 fully saturated rings. The Hall–Kier alpha value is -3.64. The molecule has 0 saturated carbocycles. The molecule has 0 spiro atoms. The fourth-order valence-electron chi connectivity index (χ4n) is 4.86. The number of likely N-dealkylation sites (N-methyl/N-ethyl adjacent to an activating group) is 1. The minimum atomic E-state index is -1.23. The zero-order valence-electron chi connectivity index (χ0n) is 22.3. The van der Waals surface area contributed by atoms with Gasteiger partial charge in [0.25, 0.3) is 5.91 Å². The smallest absolute Gasteiger partial charge is 0.498 e. The van der Waals surface area contributed by atoms with Crippen molar-refractivity contribution in [2.75, 3.05) is 20.3 Å². The lowest BCUT2D eigenvalue weighted by Crippen LogP contribution is -2.61. The summed E-state index contributed by atoms with van der Waals surface area (Å²) in [5.41, 5.74) is 0.943. The fourth-order valence-corrected chi connectivity index (χ4v) is 4.86. The molecule has 11 nitrogen and oxygen atoms in total. The Balaban J connectivity index is 1.56. The Morgan fingerprint density at radius 3 is 2.33 bits per heavy atom. The van der Waals surface area contributed by atoms with Crippen LogP contribution in [-0.4, -0.2) is 84.0 Å². The molecule has 2 aliphatic rings. The van der Waals surface area contributed by atoms with Gasteiger partial charge in [0.05, 0.1) is 25.5 Å². The number of fused-ring (bicyclic) bond motifs is 2. The molecule has 0 radical (unpaired) electrons. The SMILES string of the molecule is CC(C)C[C@H](CC(=O)[C@H](Cc1ccccc1)NC(=O)c1cnccn1)B1OC(=O)[C@H]2COC[C@H](C(=O)O1)N2C. The summed E-state index contributed by atoms with van der Waals surface area (Å²) in [7, 11) is 0.422. The third kappa shape index (κ3) is 7.27. The highest BCUT2D eigenvalue weighted by molar-refractivity contribution is 6.51. The predicted molar refractivity (Wildman–Crippen MR) is 140 cm³/mol. The third-order valence-electron chi connectivity index (χ3n) is 6.94. The number of nitrogens with one attached hydrogen (secondary N) is 1. The van der Waals surface area contributed by atoms with Crippen molar-refractivity contribution in [1.82, 2.24) is 20.2 Å². The summed E-state index contributed by atoms with van der Waals surface area (Å²) >= 11 is 0. The van der Waals surface area contributed by atoms with Crippen LogP contribution in [0, 0.1) is 5.92 Å². The van der Waals surface area contributed by atoms with Crippen LogP contribution in [0.15, 0.2) is 48.9 Å². The van der Waals surface area contributed by atoms with E-state index in [0.717, 1.165) is 5.56 Å². The Labute approximate surface area is 227 Å². The molecule has 1 aromatic heterocycles. The van der Waals surface area contributed by atoms with Crippen molar-refractivity contribution in [3.63, 3.8) is 0 Å². The molecular weight excluding hydrogens is 503 g/mol. The van der Waals surface area contributed by atoms with E-state index in [2.05, 4.69) is 15.3 Å². The molecule has 4 rings (SSSR count). The molecule has 1 amide bonds. The lowest BCUT2D eigenvalue weighted by Gasteiger charge is -2.40. The van der Waals surface area contributed by atoms with Gasteiger partial charge in [-0.2, -0.15) is 0 Å². The summed E-state index contributed by atoms with van der Waals surface area (Å²) in [6.07, 6.45) is 4.80. The van der Waals surface area contributed by atoms with Crippen molar-refractivity contribution in [3.8, 4) is 0 Å². The van der Waals surface area contributed by atoms with Crippen LogP contribution < -0.4 is 5.32 Å². The first-order valence-corrected chi connectivity index (χ1v) is 13.1. The van der Waals surface area contributed by atoms with Gasteiger partial charge in [-0.25, -0.2) is 4.98 Å². The van der Waals surface area contributed by atoms with Crippen LogP contribution in [0.25, 0.3) is 0 Å². The van der Waals surface area contributed by atoms with Crippen LogP contribution in [0.3, 0.4) is 0 Å². The number of Topliss-reactive ketones (excluding diaryl/α,β-unsaturated/α-hetero) is 1. The van der Waals surface area contributed by atoms with Crippen LogP contribution in [-0.2, 0) is 34.9 Å². The van der Waals surface area contributed by atoms with Crippen LogP contribution >= 0.6 is 0 Å². The summed E-state index contributed by atoms with van der Waals surface area (Å²) in [4.78, 5) is 62.2. The number of hydrogen-bond acceptors (Lipinski definition) is 10. The number of carbonyl (C=O) groups is 4. The van der Waals surface area contributed by atoms with E-state index in [1.807, 2.05) is 44.2 Å². The maximum atomic E-state index is 13.8. The van der Waals surface area contributed by atoms with Gasteiger partial charge in [0.2, 0.25) is 0 Å². The number of amides is 1. The minimum absolute atomic E-state index is 0.0800. The van der Waals surface area contributed by atoms with Gasteiger partial charge in [-0.15, -0.1) is 0 Å². The normalized spacial score (nSPS) is 21.3. The van der Waals surface area contributed by atoms with E-state index in [1.165, 1.54) is 18.6 Å². The molecule has 2 aromatic rings. The first-order chi connectivity index (χ1) is 18.7. The highest BCUT2D eigenvalue weighted by atomic mass is 16.6. The van der Waals surface area contributed by atoms with Crippen molar-refractivity contribution in [1.29, 1.82) is 0 Å². The molecule has 2 bridgehead atoms. The predicted octanol–water partition coefficient (Wildman–Crippen LogP) is 1.48. The van der Waals surface area contributed by atoms with Gasteiger partial charge >= 0.3 is 19.1 Å². The Kier molecular flexibility index (Phi) is 9.42. The lowest BCUT2D eigenvalue weighted by molar-refractivity contribution is -0.166. The first-order valence-electron chi connectivity index (χ1n) is 13.1. The van der Waals surface area contributed by atoms with E-state index in [9.17, 15) is 19.2 Å². The van der Waals surface area contributed by atoms with E-state index in [0.29, 0.717) is 6.42 Å². The molecule has 4 atom stereocenters. The van der Waals surface area contributed by atoms with Crippen molar-refractivity contribution >= 4 is 30.7 Å². The average molecular weight is 536 g/mol. The van der Waals surface area contributed by atoms with Gasteiger partial charge in [0, 0.05) is 24.6 Å². The maximum Gasteiger partial charge on any atom is 0.602 e. The number of aromatic nitrogens is 2. The Morgan fingerprint density at radius 1 is 1.08 bits per heavy atom. The quantitative estimate of drug-likeness (QED) is 0.445. The first kappa shape index (κ1) is 28.4. The standard InChI is InChI=1S/C27H33BN4O7/c1-17(2)11-19(28-38-26(35)22-15-37-16-23(32(22)3)27(36)39-28)13-24(33)20(12-18-7-5-4-6-8-18)31-25(34)21-14-29-9-10-30-21/h4-10,14,17,19-20,22-23H,11-13,15-16H2,1-3H3,(H,31,34)/t19-,20+,22-,23-/m1/s1. The summed E-state index contributed by atoms with van der Waals surface area (Å²) in [6.45, 7) is 4.15. The number of nitrogens with zero attached hydrogens (tertiary/aromatic N) is 3. The molecule has 3 heterocycles. The molecule has 1 N–H and O–H groups in total. The molecule has 39 heavy (non-hydrogen) atoms. The number of carbonyl (C=O) groups excluding carboxylic acids is 4. The highest BCUT2D eigenvalue weighted by Crippen LogP contribution is 2.30. The van der Waals surface area contributed by atoms with Crippen molar-refractivity contribution < 1.29 is 33.2 Å². The zero-order valence-corrected chi connectivity index (χ0v) is 22.3. The van der Waals surface area contributed by atoms with Gasteiger partial charge in [0.1, 0.15) is 17.8 Å². The van der Waals surface area contributed by atoms with Crippen LogP contribution in [0.4, 0.5) is 0 Å². The number of ether oxygens (including phenoxy) is 1. The number of rotatable bonds is 10. The van der Waals surface area contributed by atoms with E-state index in [4.69, 9.17) is 14.0 Å². The lowest BCUT2D eigenvalue weighted by atomic mass is 9.64. The van der Waals surface area contributed by atoms with Crippen LogP contribution in [0.5, 0.6) is 0 Å². The van der Waals surface area contributed by atoms with E-state index < -0.39 is 48.9 Å². The third-order valence-corrected chi connectivity index (χ3v) is 6.94. The number of morpholine rings is 1. The van der Waals surface area contributed by atoms with Crippen molar-refractivity contribution in [2.45, 2.75) is 57.1 Å². The second-order valence-electron chi connectivity index (χ2n) is 10.3. The summed E-state index contributed by atoms with van der Waals surface area (Å²) in [6, 6.07) is 6.94. The molecule has 2 saturated heterocycles. The monoisotopic (exact) mass is 536 g/mol. The number of benzene rings is 1. The Bertz CT molecular complexity index is 1140. The largest absolute Gasteiger partial charge is 0.602 e. The van der Waals surface area contributed by atoms with E-state index in [1.54, 1.807) is 11.9 Å². The van der Waals surface area contributed by atoms with Crippen molar-refractivity contribution in [3.05, 3.63) is 60.2 Å². The second kappa shape index (κ2) is 12.9. The Morgan fingerprint density at radius 2 is 1.74 bits per heavy atom. The maximum absolute atomic E-state index is 13.8. The van der Waals surface area contributed by atoms with Crippen LogP contribution in [0.2, 0.25) is 5.82 Å². The van der Waals surface area contributed by atoms with Gasteiger partial charge in [-0.1, -0.05) is 44.2 Å². The molecule has 206 valence electrons. The number of hydrogen-bond donors (Lipinski definition) is 1. The molecule has 1 aromatic carbocycles. The molecular formula is C27H33BN4O7. The van der Waals surface area contributed by atoms with Gasteiger partial charge in [-0.05, 0) is 31.4 Å². The molecule has 0 aliphatic carbocycles. The van der Waals surface area contributed by atoms with E-state index in [-0.39, 0.29) is 43.5 Å². The zero-order chi connectivity index (χ0) is 27.9. The van der Waals surface area contributed by atoms with Crippen LogP contribution in [0.1, 0.15) is 42.7 Å². The summed E-state index contributed by atoms with van der Waals surface area (Å²) < 4.78 is 16.8. The number of ketones is 1. The summed E-state index contributed by atoms with van der Waals surface area (Å²) in [5.74, 6) is -2.45. The highest BCUT2D eigenvalue weighted by Gasteiger charge is 2.48. The molecule has 12 heteroatoms. The van der Waals surface area contributed by atoms with Crippen molar-refractivity contribution in [2.24, 2.45) is 5.92 Å². The fraction of sp³-hybridized carbons (Fsp3) is 0.481. The molecule has 2 aliphatic heterocycles. The minimum Gasteiger partial charge on any atom is -0.498 e.